The number of hydrogen-bond donors (Lipinski definition) is 0. The Morgan fingerprint density at radius 3 is 2.63 bits per heavy atom. The molecule has 0 saturated carbocycles. The van der Waals surface area contributed by atoms with Crippen LogP contribution >= 0.6 is 11.3 Å². The van der Waals surface area contributed by atoms with Gasteiger partial charge in [0.15, 0.2) is 28.1 Å². The van der Waals surface area contributed by atoms with Gasteiger partial charge in [-0.05, 0) is 30.3 Å². The number of furan rings is 1. The van der Waals surface area contributed by atoms with Crippen molar-refractivity contribution in [2.75, 3.05) is 14.2 Å². The van der Waals surface area contributed by atoms with Gasteiger partial charge in [0.2, 0.25) is 4.96 Å². The molecule has 5 rings (SSSR count). The van der Waals surface area contributed by atoms with Crippen LogP contribution in [0.3, 0.4) is 0 Å². The first-order chi connectivity index (χ1) is 13.3. The molecule has 8 heteroatoms. The van der Waals surface area contributed by atoms with Gasteiger partial charge in [-0.2, -0.15) is 4.52 Å². The largest absolute Gasteiger partial charge is 0.493 e. The van der Waals surface area contributed by atoms with Crippen molar-refractivity contribution in [1.82, 2.24) is 19.8 Å². The molecule has 0 bridgehead atoms. The topological polar surface area (TPSA) is 74.7 Å². The van der Waals surface area contributed by atoms with Crippen LogP contribution < -0.4 is 9.47 Å². The number of ether oxygens (including phenoxy) is 2. The highest BCUT2D eigenvalue weighted by Gasteiger charge is 2.18. The Morgan fingerprint density at radius 1 is 0.963 bits per heavy atom. The van der Waals surface area contributed by atoms with Crippen molar-refractivity contribution in [3.63, 3.8) is 0 Å². The molecule has 0 amide bonds. The first-order valence-electron chi connectivity index (χ1n) is 8.20. The summed E-state index contributed by atoms with van der Waals surface area (Å²) in [6, 6.07) is 15.5. The van der Waals surface area contributed by atoms with Crippen LogP contribution in [0, 0.1) is 0 Å². The molecule has 0 unspecified atom stereocenters. The van der Waals surface area contributed by atoms with Gasteiger partial charge in [-0.3, -0.25) is 0 Å². The average molecular weight is 378 g/mol. The summed E-state index contributed by atoms with van der Waals surface area (Å²) < 4.78 is 18.3. The monoisotopic (exact) mass is 378 g/mol. The third-order valence-corrected chi connectivity index (χ3v) is 5.18. The van der Waals surface area contributed by atoms with E-state index in [1.165, 1.54) is 11.3 Å². The molecule has 7 nitrogen and oxygen atoms in total. The van der Waals surface area contributed by atoms with Crippen molar-refractivity contribution in [2.45, 2.75) is 0 Å². The van der Waals surface area contributed by atoms with Crippen LogP contribution in [0.4, 0.5) is 0 Å². The van der Waals surface area contributed by atoms with Crippen LogP contribution in [0.15, 0.2) is 52.9 Å². The first kappa shape index (κ1) is 15.8. The minimum absolute atomic E-state index is 0.625. The number of fused-ring (bicyclic) bond motifs is 2. The third kappa shape index (κ3) is 2.53. The molecule has 0 radical (unpaired) electrons. The summed E-state index contributed by atoms with van der Waals surface area (Å²) in [6.07, 6.45) is 0. The van der Waals surface area contributed by atoms with E-state index in [0.717, 1.165) is 21.5 Å². The van der Waals surface area contributed by atoms with E-state index in [-0.39, 0.29) is 0 Å². The molecule has 0 spiro atoms. The quantitative estimate of drug-likeness (QED) is 0.465. The molecule has 0 aliphatic rings. The Hall–Kier alpha value is -3.39. The predicted molar refractivity (Wildman–Crippen MR) is 102 cm³/mol. The zero-order valence-corrected chi connectivity index (χ0v) is 15.4. The molecule has 3 aromatic heterocycles. The van der Waals surface area contributed by atoms with Crippen molar-refractivity contribution in [1.29, 1.82) is 0 Å². The van der Waals surface area contributed by atoms with Gasteiger partial charge >= 0.3 is 0 Å². The summed E-state index contributed by atoms with van der Waals surface area (Å²) in [7, 11) is 3.20. The van der Waals surface area contributed by atoms with Gasteiger partial charge < -0.3 is 13.9 Å². The molecule has 134 valence electrons. The van der Waals surface area contributed by atoms with Gasteiger partial charge in [-0.1, -0.05) is 29.5 Å². The normalized spacial score (nSPS) is 11.3. The van der Waals surface area contributed by atoms with Crippen LogP contribution in [0.1, 0.15) is 0 Å². The summed E-state index contributed by atoms with van der Waals surface area (Å²) in [6.45, 7) is 0. The Kier molecular flexibility index (Phi) is 3.58. The second kappa shape index (κ2) is 6.10. The first-order valence-corrected chi connectivity index (χ1v) is 9.02. The molecule has 0 saturated heterocycles. The zero-order chi connectivity index (χ0) is 18.4. The van der Waals surface area contributed by atoms with Gasteiger partial charge in [-0.25, -0.2) is 0 Å². The van der Waals surface area contributed by atoms with Crippen molar-refractivity contribution in [2.24, 2.45) is 0 Å². The minimum atomic E-state index is 0.625. The molecular weight excluding hydrogens is 364 g/mol. The van der Waals surface area contributed by atoms with E-state index in [1.807, 2.05) is 48.5 Å². The lowest BCUT2D eigenvalue weighted by atomic mass is 10.2. The number of rotatable bonds is 4. The van der Waals surface area contributed by atoms with E-state index in [0.29, 0.717) is 28.0 Å². The molecule has 0 aliphatic carbocycles. The number of nitrogens with zero attached hydrogens (tertiary/aromatic N) is 4. The Balaban J connectivity index is 1.61. The van der Waals surface area contributed by atoms with Gasteiger partial charge in [0.1, 0.15) is 5.58 Å². The molecule has 0 aliphatic heterocycles. The molecule has 2 aromatic carbocycles. The van der Waals surface area contributed by atoms with Crippen molar-refractivity contribution in [3.05, 3.63) is 48.5 Å². The zero-order valence-electron chi connectivity index (χ0n) is 14.5. The van der Waals surface area contributed by atoms with E-state index in [4.69, 9.17) is 13.9 Å². The molecular formula is C19H14N4O3S. The highest BCUT2D eigenvalue weighted by atomic mass is 32.1. The second-order valence-corrected chi connectivity index (χ2v) is 6.80. The molecule has 27 heavy (non-hydrogen) atoms. The summed E-state index contributed by atoms with van der Waals surface area (Å²) in [5.74, 6) is 2.62. The molecule has 0 fully saturated rings. The average Bonchev–Trinajstić information content (AvgIpc) is 3.40. The van der Waals surface area contributed by atoms with E-state index < -0.39 is 0 Å². The van der Waals surface area contributed by atoms with Crippen LogP contribution in [-0.2, 0) is 0 Å². The summed E-state index contributed by atoms with van der Waals surface area (Å²) in [5.41, 5.74) is 1.67. The maximum Gasteiger partial charge on any atom is 0.235 e. The highest BCUT2D eigenvalue weighted by molar-refractivity contribution is 7.19. The van der Waals surface area contributed by atoms with Crippen molar-refractivity contribution in [3.8, 4) is 33.7 Å². The van der Waals surface area contributed by atoms with Crippen LogP contribution in [-0.4, -0.2) is 34.0 Å². The van der Waals surface area contributed by atoms with E-state index in [1.54, 1.807) is 18.7 Å². The van der Waals surface area contributed by atoms with Crippen LogP contribution in [0.25, 0.3) is 38.1 Å². The van der Waals surface area contributed by atoms with E-state index in [2.05, 4.69) is 15.3 Å². The van der Waals surface area contributed by atoms with Crippen LogP contribution in [0.2, 0.25) is 0 Å². The summed E-state index contributed by atoms with van der Waals surface area (Å²) in [4.78, 5) is 0.690. The molecule has 0 atom stereocenters. The third-order valence-electron chi connectivity index (χ3n) is 4.27. The smallest absolute Gasteiger partial charge is 0.235 e. The molecule has 0 N–H and O–H groups in total. The second-order valence-electron chi connectivity index (χ2n) is 5.84. The van der Waals surface area contributed by atoms with Crippen molar-refractivity contribution >= 4 is 27.3 Å². The number of methoxy groups -OCH3 is 2. The number of hydrogen-bond acceptors (Lipinski definition) is 7. The Morgan fingerprint density at radius 2 is 1.81 bits per heavy atom. The fourth-order valence-corrected chi connectivity index (χ4v) is 3.75. The highest BCUT2D eigenvalue weighted by Crippen LogP contribution is 2.34. The number of aromatic nitrogens is 4. The van der Waals surface area contributed by atoms with Gasteiger partial charge in [0.25, 0.3) is 0 Å². The lowest BCUT2D eigenvalue weighted by molar-refractivity contribution is 0.355. The van der Waals surface area contributed by atoms with E-state index >= 15 is 0 Å². The molecule has 3 heterocycles. The summed E-state index contributed by atoms with van der Waals surface area (Å²) >= 11 is 1.43. The Bertz CT molecular complexity index is 1240. The lowest BCUT2D eigenvalue weighted by Gasteiger charge is -2.08. The van der Waals surface area contributed by atoms with E-state index in [9.17, 15) is 0 Å². The molecule has 5 aromatic rings. The number of benzene rings is 2. The van der Waals surface area contributed by atoms with Crippen molar-refractivity contribution < 1.29 is 13.9 Å². The number of para-hydroxylation sites is 1. The summed E-state index contributed by atoms with van der Waals surface area (Å²) in [5, 5.41) is 15.0. The minimum Gasteiger partial charge on any atom is -0.493 e. The fraction of sp³-hybridized carbons (Fsp3) is 0.105. The maximum atomic E-state index is 5.92. The van der Waals surface area contributed by atoms with Gasteiger partial charge in [-0.15, -0.1) is 15.3 Å². The SMILES string of the molecule is COc1ccc(-c2nnc3sc(-c4cc5ccccc5o4)nn23)cc1OC. The Labute approximate surface area is 157 Å². The fourth-order valence-electron chi connectivity index (χ4n) is 2.96. The maximum absolute atomic E-state index is 5.92. The van der Waals surface area contributed by atoms with Gasteiger partial charge in [0, 0.05) is 10.9 Å². The van der Waals surface area contributed by atoms with Gasteiger partial charge in [0.05, 0.1) is 14.2 Å². The van der Waals surface area contributed by atoms with Crippen LogP contribution in [0.5, 0.6) is 11.5 Å². The predicted octanol–water partition coefficient (Wildman–Crippen LogP) is 4.28. The standard InChI is InChI=1S/C19H14N4O3S/c1-24-14-8-7-12(10-15(14)25-2)17-20-21-19-23(17)22-18(27-19)16-9-11-5-3-4-6-13(11)26-16/h3-10H,1-2H3. The lowest BCUT2D eigenvalue weighted by Crippen LogP contribution is -1.94.